The molecule has 2 rings (SSSR count). The zero-order valence-corrected chi connectivity index (χ0v) is 8.42. The lowest BCUT2D eigenvalue weighted by molar-refractivity contribution is 0.154. The minimum atomic E-state index is -0.986. The Morgan fingerprint density at radius 3 is 2.81 bits per heavy atom. The molecule has 1 atom stereocenters. The molecule has 1 aromatic rings. The van der Waals surface area contributed by atoms with Crippen LogP contribution in [0.4, 0.5) is 4.79 Å². The Labute approximate surface area is 89.9 Å². The average molecular weight is 225 g/mol. The number of aromatic amines is 1. The third-order valence-corrected chi connectivity index (χ3v) is 2.68. The fraction of sp³-hybridized carbons (Fsp3) is 0.444. The van der Waals surface area contributed by atoms with E-state index in [1.165, 1.54) is 21.7 Å². The van der Waals surface area contributed by atoms with Gasteiger partial charge in [0.25, 0.3) is 5.56 Å². The van der Waals surface area contributed by atoms with Crippen LogP contribution >= 0.6 is 0 Å². The minimum Gasteiger partial charge on any atom is -0.465 e. The molecule has 1 unspecified atom stereocenters. The van der Waals surface area contributed by atoms with Gasteiger partial charge in [0, 0.05) is 25.4 Å². The van der Waals surface area contributed by atoms with E-state index in [0.29, 0.717) is 13.0 Å². The number of hydrogen-bond donors (Lipinski definition) is 2. The molecular formula is C9H11N3O4. The molecule has 1 fully saturated rings. The number of amides is 1. The van der Waals surface area contributed by atoms with Crippen LogP contribution in [-0.4, -0.2) is 38.7 Å². The maximum atomic E-state index is 11.4. The van der Waals surface area contributed by atoms with Gasteiger partial charge < -0.3 is 10.0 Å². The molecule has 0 aliphatic carbocycles. The number of H-pyrrole nitrogens is 1. The largest absolute Gasteiger partial charge is 0.465 e. The second-order valence-corrected chi connectivity index (χ2v) is 3.69. The number of carboxylic acid groups (broad SMARTS) is 1. The van der Waals surface area contributed by atoms with E-state index in [1.807, 2.05) is 0 Å². The lowest BCUT2D eigenvalue weighted by Gasteiger charge is -2.13. The summed E-state index contributed by atoms with van der Waals surface area (Å²) in [5, 5.41) is 8.77. The highest BCUT2D eigenvalue weighted by Gasteiger charge is 2.27. The quantitative estimate of drug-likeness (QED) is 0.671. The van der Waals surface area contributed by atoms with Crippen LogP contribution in [-0.2, 0) is 0 Å². The highest BCUT2D eigenvalue weighted by molar-refractivity contribution is 5.65. The molecule has 16 heavy (non-hydrogen) atoms. The van der Waals surface area contributed by atoms with Crippen molar-refractivity contribution in [1.29, 1.82) is 0 Å². The number of hydrogen-bond acceptors (Lipinski definition) is 3. The summed E-state index contributed by atoms with van der Waals surface area (Å²) in [6.07, 6.45) is 0.995. The van der Waals surface area contributed by atoms with Crippen molar-refractivity contribution >= 4 is 6.09 Å². The molecule has 2 N–H and O–H groups in total. The zero-order chi connectivity index (χ0) is 11.7. The summed E-state index contributed by atoms with van der Waals surface area (Å²) in [6, 6.07) is 1.06. The molecule has 0 bridgehead atoms. The third-order valence-electron chi connectivity index (χ3n) is 2.68. The van der Waals surface area contributed by atoms with Crippen LogP contribution in [0.3, 0.4) is 0 Å². The van der Waals surface area contributed by atoms with Crippen molar-refractivity contribution in [1.82, 2.24) is 14.5 Å². The van der Waals surface area contributed by atoms with Crippen LogP contribution in [0.15, 0.2) is 21.9 Å². The van der Waals surface area contributed by atoms with Crippen molar-refractivity contribution in [3.05, 3.63) is 33.1 Å². The first-order valence-corrected chi connectivity index (χ1v) is 4.87. The third kappa shape index (κ3) is 1.83. The van der Waals surface area contributed by atoms with Crippen LogP contribution in [0.2, 0.25) is 0 Å². The summed E-state index contributed by atoms with van der Waals surface area (Å²) >= 11 is 0. The van der Waals surface area contributed by atoms with Crippen molar-refractivity contribution in [3.63, 3.8) is 0 Å². The van der Waals surface area contributed by atoms with Gasteiger partial charge >= 0.3 is 11.8 Å². The van der Waals surface area contributed by atoms with Crippen molar-refractivity contribution in [3.8, 4) is 0 Å². The van der Waals surface area contributed by atoms with E-state index in [1.54, 1.807) is 0 Å². The second-order valence-electron chi connectivity index (χ2n) is 3.69. The SMILES string of the molecule is O=C(O)N1CCC(n2ccc(=O)[nH]c2=O)C1. The first-order chi connectivity index (χ1) is 7.58. The molecule has 7 heteroatoms. The van der Waals surface area contributed by atoms with Crippen molar-refractivity contribution in [2.45, 2.75) is 12.5 Å². The smallest absolute Gasteiger partial charge is 0.407 e. The summed E-state index contributed by atoms with van der Waals surface area (Å²) in [5.74, 6) is 0. The maximum Gasteiger partial charge on any atom is 0.407 e. The Morgan fingerprint density at radius 2 is 2.25 bits per heavy atom. The number of carbonyl (C=O) groups is 1. The Kier molecular flexibility index (Phi) is 2.51. The molecule has 0 saturated carbocycles. The van der Waals surface area contributed by atoms with Gasteiger partial charge in [0.1, 0.15) is 0 Å². The van der Waals surface area contributed by atoms with Crippen molar-refractivity contribution in [2.24, 2.45) is 0 Å². The molecule has 1 saturated heterocycles. The molecular weight excluding hydrogens is 214 g/mol. The van der Waals surface area contributed by atoms with E-state index < -0.39 is 17.3 Å². The summed E-state index contributed by atoms with van der Waals surface area (Å²) in [5.41, 5.74) is -0.945. The number of nitrogens with one attached hydrogen (secondary N) is 1. The molecule has 0 radical (unpaired) electrons. The Morgan fingerprint density at radius 1 is 1.50 bits per heavy atom. The van der Waals surface area contributed by atoms with E-state index in [4.69, 9.17) is 5.11 Å². The lowest BCUT2D eigenvalue weighted by Crippen LogP contribution is -2.33. The summed E-state index contributed by atoms with van der Waals surface area (Å²) < 4.78 is 1.37. The van der Waals surface area contributed by atoms with Gasteiger partial charge in [-0.3, -0.25) is 14.3 Å². The fourth-order valence-corrected chi connectivity index (χ4v) is 1.86. The van der Waals surface area contributed by atoms with E-state index in [0.717, 1.165) is 0 Å². The molecule has 1 amide bonds. The predicted molar refractivity (Wildman–Crippen MR) is 54.6 cm³/mol. The van der Waals surface area contributed by atoms with E-state index >= 15 is 0 Å². The zero-order valence-electron chi connectivity index (χ0n) is 8.42. The lowest BCUT2D eigenvalue weighted by atomic mass is 10.2. The summed E-state index contributed by atoms with van der Waals surface area (Å²) in [4.78, 5) is 36.4. The van der Waals surface area contributed by atoms with Gasteiger partial charge in [-0.15, -0.1) is 0 Å². The van der Waals surface area contributed by atoms with Crippen LogP contribution < -0.4 is 11.2 Å². The van der Waals surface area contributed by atoms with Gasteiger partial charge in [-0.05, 0) is 6.42 Å². The molecule has 1 aliphatic heterocycles. The highest BCUT2D eigenvalue weighted by atomic mass is 16.4. The molecule has 86 valence electrons. The molecule has 0 spiro atoms. The van der Waals surface area contributed by atoms with Gasteiger partial charge in [-0.1, -0.05) is 0 Å². The Balaban J connectivity index is 2.24. The van der Waals surface area contributed by atoms with Gasteiger partial charge in [0.15, 0.2) is 0 Å². The number of nitrogens with zero attached hydrogens (tertiary/aromatic N) is 2. The van der Waals surface area contributed by atoms with Crippen LogP contribution in [0.5, 0.6) is 0 Å². The first kappa shape index (κ1) is 10.5. The predicted octanol–water partition coefficient (Wildman–Crippen LogP) is -0.539. The highest BCUT2D eigenvalue weighted by Crippen LogP contribution is 2.19. The van der Waals surface area contributed by atoms with Gasteiger partial charge in [0.05, 0.1) is 6.04 Å². The van der Waals surface area contributed by atoms with Gasteiger partial charge in [-0.25, -0.2) is 9.59 Å². The second kappa shape index (κ2) is 3.84. The van der Waals surface area contributed by atoms with E-state index in [9.17, 15) is 14.4 Å². The molecule has 1 aliphatic rings. The van der Waals surface area contributed by atoms with E-state index in [-0.39, 0.29) is 12.6 Å². The van der Waals surface area contributed by atoms with E-state index in [2.05, 4.69) is 4.98 Å². The first-order valence-electron chi connectivity index (χ1n) is 4.87. The Bertz CT molecular complexity index is 518. The topological polar surface area (TPSA) is 95.4 Å². The normalized spacial score (nSPS) is 20.0. The molecule has 7 nitrogen and oxygen atoms in total. The van der Waals surface area contributed by atoms with Crippen LogP contribution in [0.1, 0.15) is 12.5 Å². The number of rotatable bonds is 1. The number of aromatic nitrogens is 2. The minimum absolute atomic E-state index is 0.194. The van der Waals surface area contributed by atoms with Gasteiger partial charge in [0.2, 0.25) is 0 Å². The van der Waals surface area contributed by atoms with Crippen molar-refractivity contribution in [2.75, 3.05) is 13.1 Å². The standard InChI is InChI=1S/C9H11N3O4/c13-7-2-4-12(8(14)10-7)6-1-3-11(5-6)9(15)16/h2,4,6H,1,3,5H2,(H,15,16)(H,10,13,14). The maximum absolute atomic E-state index is 11.4. The van der Waals surface area contributed by atoms with Crippen LogP contribution in [0, 0.1) is 0 Å². The molecule has 1 aromatic heterocycles. The summed E-state index contributed by atoms with van der Waals surface area (Å²) in [6.45, 7) is 0.687. The molecule has 2 heterocycles. The summed E-state index contributed by atoms with van der Waals surface area (Å²) in [7, 11) is 0. The average Bonchev–Trinajstić information content (AvgIpc) is 2.66. The Hall–Kier alpha value is -2.05. The fourth-order valence-electron chi connectivity index (χ4n) is 1.86. The monoisotopic (exact) mass is 225 g/mol. The number of likely N-dealkylation sites (tertiary alicyclic amines) is 1. The van der Waals surface area contributed by atoms with Gasteiger partial charge in [-0.2, -0.15) is 0 Å². The van der Waals surface area contributed by atoms with Crippen LogP contribution in [0.25, 0.3) is 0 Å². The molecule has 0 aromatic carbocycles. The van der Waals surface area contributed by atoms with Crippen molar-refractivity contribution < 1.29 is 9.90 Å².